The predicted octanol–water partition coefficient (Wildman–Crippen LogP) is 4.89. The van der Waals surface area contributed by atoms with E-state index in [4.69, 9.17) is 4.74 Å². The van der Waals surface area contributed by atoms with Gasteiger partial charge >= 0.3 is 5.97 Å². The normalized spacial score (nSPS) is 30.5. The van der Waals surface area contributed by atoms with Crippen LogP contribution in [0.1, 0.15) is 36.6 Å². The van der Waals surface area contributed by atoms with E-state index < -0.39 is 5.41 Å². The van der Waals surface area contributed by atoms with Gasteiger partial charge in [-0.25, -0.2) is 0 Å². The van der Waals surface area contributed by atoms with Gasteiger partial charge in [-0.3, -0.25) is 4.79 Å². The fourth-order valence-electron chi connectivity index (χ4n) is 7.41. The van der Waals surface area contributed by atoms with Crippen molar-refractivity contribution in [1.29, 1.82) is 0 Å². The monoisotopic (exact) mass is 427 g/mol. The Morgan fingerprint density at radius 2 is 1.94 bits per heavy atom. The molecular weight excluding hydrogens is 396 g/mol. The van der Waals surface area contributed by atoms with Gasteiger partial charge in [-0.1, -0.05) is 61.5 Å². The summed E-state index contributed by atoms with van der Waals surface area (Å²) in [6.07, 6.45) is 5.28. The Kier molecular flexibility index (Phi) is 4.38. The highest BCUT2D eigenvalue weighted by atomic mass is 16.5. The van der Waals surface area contributed by atoms with Crippen molar-refractivity contribution in [2.24, 2.45) is 5.92 Å². The molecule has 4 aliphatic rings. The van der Waals surface area contributed by atoms with Crippen molar-refractivity contribution in [3.8, 4) is 0 Å². The van der Waals surface area contributed by atoms with E-state index in [2.05, 4.69) is 72.6 Å². The average Bonchev–Trinajstić information content (AvgIpc) is 3.18. The number of para-hydroxylation sites is 1. The van der Waals surface area contributed by atoms with Crippen LogP contribution in [0.25, 0.3) is 10.9 Å². The van der Waals surface area contributed by atoms with Crippen LogP contribution in [-0.4, -0.2) is 41.7 Å². The van der Waals surface area contributed by atoms with Gasteiger partial charge in [0.25, 0.3) is 0 Å². The van der Waals surface area contributed by atoms with Crippen molar-refractivity contribution in [1.82, 2.24) is 4.98 Å². The number of ether oxygens (including phenoxy) is 1. The number of aromatic nitrogens is 1. The lowest BCUT2D eigenvalue weighted by Gasteiger charge is -2.59. The van der Waals surface area contributed by atoms with Crippen molar-refractivity contribution in [2.75, 3.05) is 20.2 Å². The number of hydrogen-bond acceptors (Lipinski definition) is 2. The molecule has 1 aliphatic carbocycles. The highest BCUT2D eigenvalue weighted by Crippen LogP contribution is 2.56. The minimum absolute atomic E-state index is 0.0727. The Hall–Kier alpha value is -2.85. The number of hydrogen-bond donors (Lipinski definition) is 1. The van der Waals surface area contributed by atoms with Gasteiger partial charge in [0.05, 0.1) is 20.2 Å². The van der Waals surface area contributed by atoms with Crippen LogP contribution in [0.5, 0.6) is 0 Å². The standard InChI is InChI=1S/C28H31N2O2/c1-3-21-15-20-16-28(27(31)32-2)25-23(22-11-7-8-12-24(22)29-25)13-14-30(18-20,26(21)28)17-19-9-5-4-6-10-19/h4-12,15,20,26,29H,3,13-14,16-18H2,1-2H3/q+1. The molecule has 0 amide bonds. The molecule has 1 saturated heterocycles. The molecule has 4 heteroatoms. The third kappa shape index (κ3) is 2.56. The van der Waals surface area contributed by atoms with Gasteiger partial charge in [-0.2, -0.15) is 0 Å². The molecule has 4 bridgehead atoms. The molecule has 3 aromatic rings. The SMILES string of the molecule is CCC1=CC2CC3(C(=O)OC)c4[nH]c5ccccc5c4CC[N+](Cc4ccccc4)(C2)C13. The molecule has 1 fully saturated rings. The van der Waals surface area contributed by atoms with Crippen LogP contribution in [-0.2, 0) is 27.9 Å². The van der Waals surface area contributed by atoms with E-state index in [1.54, 1.807) is 7.11 Å². The summed E-state index contributed by atoms with van der Waals surface area (Å²) < 4.78 is 6.56. The first-order valence-electron chi connectivity index (χ1n) is 11.9. The highest BCUT2D eigenvalue weighted by Gasteiger charge is 2.67. The molecule has 32 heavy (non-hydrogen) atoms. The fourth-order valence-corrected chi connectivity index (χ4v) is 7.41. The van der Waals surface area contributed by atoms with Crippen LogP contribution in [0.3, 0.4) is 0 Å². The van der Waals surface area contributed by atoms with E-state index in [0.29, 0.717) is 5.92 Å². The lowest BCUT2D eigenvalue weighted by atomic mass is 9.59. The van der Waals surface area contributed by atoms with E-state index in [1.165, 1.54) is 22.1 Å². The molecule has 1 aromatic heterocycles. The minimum atomic E-state index is -0.655. The van der Waals surface area contributed by atoms with Gasteiger partial charge in [-0.15, -0.1) is 0 Å². The Bertz CT molecular complexity index is 1230. The molecule has 4 heterocycles. The first kappa shape index (κ1) is 19.8. The van der Waals surface area contributed by atoms with Crippen LogP contribution in [0.2, 0.25) is 0 Å². The summed E-state index contributed by atoms with van der Waals surface area (Å²) in [7, 11) is 1.56. The second-order valence-electron chi connectivity index (χ2n) is 9.97. The van der Waals surface area contributed by atoms with E-state index in [-0.39, 0.29) is 12.0 Å². The number of benzene rings is 2. The molecule has 4 atom stereocenters. The zero-order chi connectivity index (χ0) is 21.9. The number of nitrogens with zero attached hydrogens (tertiary/aromatic N) is 1. The average molecular weight is 428 g/mol. The maximum Gasteiger partial charge on any atom is 0.324 e. The van der Waals surface area contributed by atoms with E-state index in [1.807, 2.05) is 0 Å². The molecular formula is C28H31N2O2+. The maximum absolute atomic E-state index is 13.9. The number of nitrogens with one attached hydrogen (secondary N) is 1. The summed E-state index contributed by atoms with van der Waals surface area (Å²) in [4.78, 5) is 17.6. The molecule has 164 valence electrons. The van der Waals surface area contributed by atoms with E-state index in [0.717, 1.165) is 54.6 Å². The number of H-pyrrole nitrogens is 1. The van der Waals surface area contributed by atoms with Crippen LogP contribution in [0.4, 0.5) is 0 Å². The number of aromatic amines is 1. The van der Waals surface area contributed by atoms with E-state index in [9.17, 15) is 4.79 Å². The number of rotatable bonds is 4. The van der Waals surface area contributed by atoms with Crippen LogP contribution < -0.4 is 0 Å². The quantitative estimate of drug-likeness (QED) is 0.366. The largest absolute Gasteiger partial charge is 0.468 e. The number of carbonyl (C=O) groups is 1. The number of methoxy groups -OCH3 is 1. The molecule has 0 spiro atoms. The Balaban J connectivity index is 1.63. The summed E-state index contributed by atoms with van der Waals surface area (Å²) in [5.41, 5.74) is 5.70. The van der Waals surface area contributed by atoms with Gasteiger partial charge in [-0.05, 0) is 30.0 Å². The fraction of sp³-hybridized carbons (Fsp3) is 0.393. The van der Waals surface area contributed by atoms with E-state index >= 15 is 0 Å². The number of quaternary nitrogens is 1. The van der Waals surface area contributed by atoms with Crippen molar-refractivity contribution >= 4 is 16.9 Å². The number of fused-ring (bicyclic) bond motifs is 3. The Morgan fingerprint density at radius 3 is 2.72 bits per heavy atom. The minimum Gasteiger partial charge on any atom is -0.468 e. The summed E-state index contributed by atoms with van der Waals surface area (Å²) in [6.45, 7) is 5.35. The third-order valence-corrected chi connectivity index (χ3v) is 8.36. The van der Waals surface area contributed by atoms with Gasteiger partial charge in [0.1, 0.15) is 12.6 Å². The third-order valence-electron chi connectivity index (χ3n) is 8.36. The van der Waals surface area contributed by atoms with Crippen LogP contribution >= 0.6 is 0 Å². The number of carbonyl (C=O) groups excluding carboxylic acids is 1. The zero-order valence-corrected chi connectivity index (χ0v) is 18.9. The van der Waals surface area contributed by atoms with Crippen molar-refractivity contribution in [3.05, 3.63) is 83.1 Å². The number of piperidine rings is 1. The second kappa shape index (κ2) is 7.08. The Labute approximate surface area is 189 Å². The van der Waals surface area contributed by atoms with Gasteiger partial charge in [0, 0.05) is 34.5 Å². The van der Waals surface area contributed by atoms with Crippen molar-refractivity contribution in [3.63, 3.8) is 0 Å². The Morgan fingerprint density at radius 1 is 1.16 bits per heavy atom. The molecule has 1 N–H and O–H groups in total. The van der Waals surface area contributed by atoms with Crippen molar-refractivity contribution < 1.29 is 14.0 Å². The predicted molar refractivity (Wildman–Crippen MR) is 126 cm³/mol. The molecule has 0 radical (unpaired) electrons. The maximum atomic E-state index is 13.9. The summed E-state index contributed by atoms with van der Waals surface area (Å²) in [5, 5.41) is 1.26. The molecule has 4 nitrogen and oxygen atoms in total. The highest BCUT2D eigenvalue weighted by molar-refractivity contribution is 5.92. The number of esters is 1. The topological polar surface area (TPSA) is 42.1 Å². The summed E-state index contributed by atoms with van der Waals surface area (Å²) in [6, 6.07) is 19.5. The lowest BCUT2D eigenvalue weighted by Crippen LogP contribution is -2.72. The lowest BCUT2D eigenvalue weighted by molar-refractivity contribution is -0.970. The molecule has 0 saturated carbocycles. The van der Waals surface area contributed by atoms with Crippen molar-refractivity contribution in [2.45, 2.75) is 44.2 Å². The first-order valence-corrected chi connectivity index (χ1v) is 11.9. The van der Waals surface area contributed by atoms with Crippen LogP contribution in [0.15, 0.2) is 66.2 Å². The molecule has 3 aliphatic heterocycles. The molecule has 4 unspecified atom stereocenters. The molecule has 2 aromatic carbocycles. The van der Waals surface area contributed by atoms with Gasteiger partial charge in [0.15, 0.2) is 5.41 Å². The smallest absolute Gasteiger partial charge is 0.324 e. The second-order valence-corrected chi connectivity index (χ2v) is 9.97. The van der Waals surface area contributed by atoms with Crippen LogP contribution in [0, 0.1) is 5.92 Å². The molecule has 7 rings (SSSR count). The van der Waals surface area contributed by atoms with Gasteiger partial charge in [0.2, 0.25) is 0 Å². The summed E-state index contributed by atoms with van der Waals surface area (Å²) in [5.74, 6) is 0.312. The zero-order valence-electron chi connectivity index (χ0n) is 18.9. The first-order chi connectivity index (χ1) is 15.6. The van der Waals surface area contributed by atoms with Gasteiger partial charge < -0.3 is 14.2 Å². The summed E-state index contributed by atoms with van der Waals surface area (Å²) >= 11 is 0.